The van der Waals surface area contributed by atoms with E-state index < -0.39 is 26.0 Å². The summed E-state index contributed by atoms with van der Waals surface area (Å²) in [4.78, 5) is 11.7. The molecular weight excluding hydrogens is 412 g/mol. The Morgan fingerprint density at radius 2 is 1.74 bits per heavy atom. The van der Waals surface area contributed by atoms with Crippen molar-refractivity contribution in [2.75, 3.05) is 14.8 Å². The summed E-state index contributed by atoms with van der Waals surface area (Å²) in [5, 5.41) is 0.279. The van der Waals surface area contributed by atoms with Crippen LogP contribution in [0.15, 0.2) is 41.3 Å². The van der Waals surface area contributed by atoms with Gasteiger partial charge in [0.05, 0.1) is 27.0 Å². The van der Waals surface area contributed by atoms with Gasteiger partial charge in [-0.05, 0) is 55.3 Å². The monoisotopic (exact) mass is 428 g/mol. The maximum Gasteiger partial charge on any atom is 0.261 e. The molecule has 1 saturated heterocycles. The lowest BCUT2D eigenvalue weighted by atomic mass is 10.1. The van der Waals surface area contributed by atoms with E-state index in [2.05, 4.69) is 4.72 Å². The molecule has 2 aromatic carbocycles. The van der Waals surface area contributed by atoms with Crippen LogP contribution in [0.3, 0.4) is 0 Å². The first-order valence-electron chi connectivity index (χ1n) is 7.97. The van der Waals surface area contributed by atoms with Gasteiger partial charge in [0, 0.05) is 6.42 Å². The maximum absolute atomic E-state index is 12.6. The van der Waals surface area contributed by atoms with Crippen molar-refractivity contribution >= 4 is 48.9 Å². The van der Waals surface area contributed by atoms with Gasteiger partial charge in [-0.15, -0.1) is 0 Å². The van der Waals surface area contributed by atoms with Crippen molar-refractivity contribution in [1.29, 1.82) is 0 Å². The molecule has 1 N–H and O–H groups in total. The third-order valence-electron chi connectivity index (χ3n) is 4.13. The van der Waals surface area contributed by atoms with Crippen molar-refractivity contribution < 1.29 is 21.6 Å². The van der Waals surface area contributed by atoms with Gasteiger partial charge < -0.3 is 0 Å². The van der Waals surface area contributed by atoms with Gasteiger partial charge in [-0.1, -0.05) is 17.7 Å². The van der Waals surface area contributed by atoms with Crippen molar-refractivity contribution in [2.24, 2.45) is 0 Å². The summed E-state index contributed by atoms with van der Waals surface area (Å²) < 4.78 is 52.4. The zero-order chi connectivity index (χ0) is 20.0. The summed E-state index contributed by atoms with van der Waals surface area (Å²) in [6.45, 7) is 3.59. The Kier molecular flexibility index (Phi) is 4.96. The lowest BCUT2D eigenvalue weighted by Crippen LogP contribution is -2.29. The van der Waals surface area contributed by atoms with E-state index in [9.17, 15) is 21.6 Å². The number of nitrogens with one attached hydrogen (secondary N) is 1. The third-order valence-corrected chi connectivity index (χ3v) is 7.48. The first-order valence-corrected chi connectivity index (χ1v) is 11.4. The summed E-state index contributed by atoms with van der Waals surface area (Å²) in [6.07, 6.45) is -0.0882. The van der Waals surface area contributed by atoms with Gasteiger partial charge in [0.15, 0.2) is 0 Å². The zero-order valence-corrected chi connectivity index (χ0v) is 17.0. The molecule has 27 heavy (non-hydrogen) atoms. The van der Waals surface area contributed by atoms with Gasteiger partial charge in [-0.3, -0.25) is 9.52 Å². The van der Waals surface area contributed by atoms with Gasteiger partial charge in [-0.25, -0.2) is 21.1 Å². The Hall–Kier alpha value is -2.10. The van der Waals surface area contributed by atoms with Crippen LogP contribution in [-0.2, 0) is 24.8 Å². The first-order chi connectivity index (χ1) is 12.5. The number of rotatable bonds is 4. The van der Waals surface area contributed by atoms with E-state index in [1.54, 1.807) is 19.1 Å². The van der Waals surface area contributed by atoms with Crippen LogP contribution in [0.25, 0.3) is 0 Å². The Labute approximate surface area is 163 Å². The van der Waals surface area contributed by atoms with E-state index in [0.717, 1.165) is 5.56 Å². The SMILES string of the molecule is Cc1cc(C)c(NS(=O)(=O)c2ccc(N3C(=O)CCS3(=O)=O)cc2)c(Cl)c1. The summed E-state index contributed by atoms with van der Waals surface area (Å²) >= 11 is 6.15. The fourth-order valence-electron chi connectivity index (χ4n) is 2.87. The fourth-order valence-corrected chi connectivity index (χ4v) is 5.90. The number of benzene rings is 2. The van der Waals surface area contributed by atoms with Crippen LogP contribution in [0.2, 0.25) is 5.02 Å². The van der Waals surface area contributed by atoms with Crippen molar-refractivity contribution in [3.63, 3.8) is 0 Å². The molecular formula is C17H17ClN2O5S2. The fraction of sp³-hybridized carbons (Fsp3) is 0.235. The molecule has 0 bridgehead atoms. The minimum absolute atomic E-state index is 0.0775. The molecule has 1 aliphatic heterocycles. The van der Waals surface area contributed by atoms with Crippen molar-refractivity contribution in [3.05, 3.63) is 52.5 Å². The standard InChI is InChI=1S/C17H17ClN2O5S2/c1-11-9-12(2)17(15(18)10-11)19-27(24,25)14-5-3-13(4-6-14)20-16(21)7-8-26(20,22)23/h3-6,9-10,19H,7-8H2,1-2H3. The average molecular weight is 429 g/mol. The van der Waals surface area contributed by atoms with Gasteiger partial charge in [0.25, 0.3) is 10.0 Å². The third kappa shape index (κ3) is 3.80. The quantitative estimate of drug-likeness (QED) is 0.806. The second-order valence-electron chi connectivity index (χ2n) is 6.26. The summed E-state index contributed by atoms with van der Waals surface area (Å²) in [7, 11) is -7.64. The number of aryl methyl sites for hydroxylation is 2. The Morgan fingerprint density at radius 3 is 2.26 bits per heavy atom. The number of carbonyl (C=O) groups is 1. The summed E-state index contributed by atoms with van der Waals surface area (Å²) in [5.41, 5.74) is 1.97. The number of amides is 1. The molecule has 7 nitrogen and oxygen atoms in total. The molecule has 3 rings (SSSR count). The molecule has 0 atom stereocenters. The van der Waals surface area contributed by atoms with E-state index >= 15 is 0 Å². The molecule has 144 valence electrons. The molecule has 1 amide bonds. The maximum atomic E-state index is 12.6. The Morgan fingerprint density at radius 1 is 1.11 bits per heavy atom. The number of halogens is 1. The lowest BCUT2D eigenvalue weighted by molar-refractivity contribution is -0.116. The molecule has 0 spiro atoms. The van der Waals surface area contributed by atoms with Crippen molar-refractivity contribution in [1.82, 2.24) is 0 Å². The van der Waals surface area contributed by atoms with Crippen LogP contribution in [0.1, 0.15) is 17.5 Å². The van der Waals surface area contributed by atoms with E-state index in [0.29, 0.717) is 9.87 Å². The van der Waals surface area contributed by atoms with E-state index in [-0.39, 0.29) is 33.5 Å². The van der Waals surface area contributed by atoms with E-state index in [1.807, 2.05) is 6.92 Å². The van der Waals surface area contributed by atoms with Crippen LogP contribution in [-0.4, -0.2) is 28.5 Å². The van der Waals surface area contributed by atoms with E-state index in [4.69, 9.17) is 11.6 Å². The lowest BCUT2D eigenvalue weighted by Gasteiger charge is -2.16. The second kappa shape index (κ2) is 6.81. The molecule has 0 aliphatic carbocycles. The largest absolute Gasteiger partial charge is 0.278 e. The highest BCUT2D eigenvalue weighted by Gasteiger charge is 2.36. The smallest absolute Gasteiger partial charge is 0.261 e. The Balaban J connectivity index is 1.92. The van der Waals surface area contributed by atoms with Crippen LogP contribution in [0.4, 0.5) is 11.4 Å². The van der Waals surface area contributed by atoms with Crippen LogP contribution < -0.4 is 9.03 Å². The van der Waals surface area contributed by atoms with Crippen molar-refractivity contribution in [2.45, 2.75) is 25.2 Å². The molecule has 1 fully saturated rings. The molecule has 0 radical (unpaired) electrons. The van der Waals surface area contributed by atoms with Crippen LogP contribution in [0, 0.1) is 13.8 Å². The highest BCUT2D eigenvalue weighted by Crippen LogP contribution is 2.31. The summed E-state index contributed by atoms with van der Waals surface area (Å²) in [5.74, 6) is -0.788. The van der Waals surface area contributed by atoms with Crippen LogP contribution >= 0.6 is 11.6 Å². The average Bonchev–Trinajstić information content (AvgIpc) is 2.84. The number of anilines is 2. The normalized spacial score (nSPS) is 16.6. The molecule has 1 heterocycles. The number of sulfonamides is 2. The second-order valence-corrected chi connectivity index (χ2v) is 10.3. The molecule has 10 heteroatoms. The number of hydrogen-bond donors (Lipinski definition) is 1. The van der Waals surface area contributed by atoms with Gasteiger partial charge in [0.2, 0.25) is 15.9 Å². The topological polar surface area (TPSA) is 101 Å². The zero-order valence-electron chi connectivity index (χ0n) is 14.6. The molecule has 0 aromatic heterocycles. The highest BCUT2D eigenvalue weighted by molar-refractivity contribution is 7.94. The van der Waals surface area contributed by atoms with Gasteiger partial charge in [-0.2, -0.15) is 0 Å². The summed E-state index contributed by atoms with van der Waals surface area (Å²) in [6, 6.07) is 8.53. The number of hydrogen-bond acceptors (Lipinski definition) is 5. The van der Waals surface area contributed by atoms with Gasteiger partial charge in [0.1, 0.15) is 0 Å². The molecule has 1 aliphatic rings. The predicted octanol–water partition coefficient (Wildman–Crippen LogP) is 2.82. The van der Waals surface area contributed by atoms with Crippen molar-refractivity contribution in [3.8, 4) is 0 Å². The predicted molar refractivity (Wildman–Crippen MR) is 104 cm³/mol. The van der Waals surface area contributed by atoms with Gasteiger partial charge >= 0.3 is 0 Å². The first kappa shape index (κ1) is 19.7. The highest BCUT2D eigenvalue weighted by atomic mass is 35.5. The molecule has 2 aromatic rings. The van der Waals surface area contributed by atoms with Crippen LogP contribution in [0.5, 0.6) is 0 Å². The number of carbonyl (C=O) groups excluding carboxylic acids is 1. The molecule has 0 unspecified atom stereocenters. The van der Waals surface area contributed by atoms with E-state index in [1.165, 1.54) is 24.3 Å². The Bertz CT molecular complexity index is 1100. The minimum Gasteiger partial charge on any atom is -0.278 e. The minimum atomic E-state index is -3.94. The number of nitrogens with zero attached hydrogens (tertiary/aromatic N) is 1. The molecule has 0 saturated carbocycles.